The van der Waals surface area contributed by atoms with Gasteiger partial charge in [0, 0.05) is 12.6 Å². The van der Waals surface area contributed by atoms with Gasteiger partial charge in [0.05, 0.1) is 0 Å². The van der Waals surface area contributed by atoms with Gasteiger partial charge in [0.2, 0.25) is 5.91 Å². The molecule has 1 fully saturated rings. The van der Waals surface area contributed by atoms with E-state index in [4.69, 9.17) is 0 Å². The SMILES string of the molecule is C/C(=C\C(=O)N1CCc2ccccc2[C@@H]1C(=O)O)C1CC1. The average molecular weight is 285 g/mol. The molecule has 4 nitrogen and oxygen atoms in total. The molecule has 1 aromatic carbocycles. The van der Waals surface area contributed by atoms with Gasteiger partial charge in [-0.2, -0.15) is 0 Å². The number of hydrogen-bond donors (Lipinski definition) is 1. The zero-order chi connectivity index (χ0) is 15.0. The Morgan fingerprint density at radius 2 is 2.00 bits per heavy atom. The van der Waals surface area contributed by atoms with Crippen LogP contribution >= 0.6 is 0 Å². The molecule has 1 saturated carbocycles. The third-order valence-corrected chi connectivity index (χ3v) is 4.37. The Hall–Kier alpha value is -2.10. The van der Waals surface area contributed by atoms with Crippen molar-refractivity contribution in [1.82, 2.24) is 4.90 Å². The van der Waals surface area contributed by atoms with Crippen molar-refractivity contribution in [1.29, 1.82) is 0 Å². The first kappa shape index (κ1) is 13.9. The van der Waals surface area contributed by atoms with Crippen LogP contribution in [-0.2, 0) is 16.0 Å². The van der Waals surface area contributed by atoms with Crippen molar-refractivity contribution < 1.29 is 14.7 Å². The van der Waals surface area contributed by atoms with E-state index in [2.05, 4.69) is 0 Å². The molecule has 21 heavy (non-hydrogen) atoms. The van der Waals surface area contributed by atoms with Gasteiger partial charge in [0.15, 0.2) is 6.04 Å². The molecule has 1 amide bonds. The maximum Gasteiger partial charge on any atom is 0.331 e. The van der Waals surface area contributed by atoms with Crippen molar-refractivity contribution >= 4 is 11.9 Å². The number of nitrogens with zero attached hydrogens (tertiary/aromatic N) is 1. The Labute approximate surface area is 124 Å². The van der Waals surface area contributed by atoms with Crippen molar-refractivity contribution in [3.63, 3.8) is 0 Å². The van der Waals surface area contributed by atoms with Crippen LogP contribution in [0.5, 0.6) is 0 Å². The number of aliphatic carboxylic acids is 1. The smallest absolute Gasteiger partial charge is 0.331 e. The molecule has 1 heterocycles. The van der Waals surface area contributed by atoms with Gasteiger partial charge in [-0.3, -0.25) is 4.79 Å². The van der Waals surface area contributed by atoms with E-state index in [0.29, 0.717) is 18.9 Å². The summed E-state index contributed by atoms with van der Waals surface area (Å²) < 4.78 is 0. The Balaban J connectivity index is 1.90. The van der Waals surface area contributed by atoms with E-state index >= 15 is 0 Å². The Morgan fingerprint density at radius 1 is 1.29 bits per heavy atom. The lowest BCUT2D eigenvalue weighted by Crippen LogP contribution is -2.42. The second-order valence-electron chi connectivity index (χ2n) is 5.88. The van der Waals surface area contributed by atoms with Gasteiger partial charge in [0.1, 0.15) is 0 Å². The predicted octanol–water partition coefficient (Wildman–Crippen LogP) is 2.55. The van der Waals surface area contributed by atoms with E-state index in [9.17, 15) is 14.7 Å². The molecule has 1 aromatic rings. The Morgan fingerprint density at radius 3 is 2.67 bits per heavy atom. The van der Waals surface area contributed by atoms with Gasteiger partial charge in [0.25, 0.3) is 0 Å². The van der Waals surface area contributed by atoms with Gasteiger partial charge >= 0.3 is 5.97 Å². The summed E-state index contributed by atoms with van der Waals surface area (Å²) in [5.74, 6) is -0.622. The van der Waals surface area contributed by atoms with Crippen LogP contribution in [0.25, 0.3) is 0 Å². The predicted molar refractivity (Wildman–Crippen MR) is 78.7 cm³/mol. The quantitative estimate of drug-likeness (QED) is 0.868. The zero-order valence-electron chi connectivity index (χ0n) is 12.1. The van der Waals surface area contributed by atoms with Crippen molar-refractivity contribution in [3.05, 3.63) is 47.0 Å². The first-order chi connectivity index (χ1) is 10.1. The number of fused-ring (bicyclic) bond motifs is 1. The number of amides is 1. The van der Waals surface area contributed by atoms with E-state index in [1.54, 1.807) is 6.08 Å². The number of carboxylic acids is 1. The van der Waals surface area contributed by atoms with Crippen LogP contribution in [0.3, 0.4) is 0 Å². The Kier molecular flexibility index (Phi) is 3.53. The molecule has 0 unspecified atom stereocenters. The minimum atomic E-state index is -0.965. The first-order valence-electron chi connectivity index (χ1n) is 7.37. The van der Waals surface area contributed by atoms with E-state index in [1.807, 2.05) is 31.2 Å². The normalized spacial score (nSPS) is 21.9. The second-order valence-corrected chi connectivity index (χ2v) is 5.88. The maximum absolute atomic E-state index is 12.5. The highest BCUT2D eigenvalue weighted by atomic mass is 16.4. The molecule has 3 rings (SSSR count). The second kappa shape index (κ2) is 5.35. The lowest BCUT2D eigenvalue weighted by molar-refractivity contribution is -0.149. The molecule has 0 aromatic heterocycles. The highest BCUT2D eigenvalue weighted by Gasteiger charge is 2.35. The largest absolute Gasteiger partial charge is 0.479 e. The fourth-order valence-electron chi connectivity index (χ4n) is 3.00. The van der Waals surface area contributed by atoms with Crippen LogP contribution in [0.15, 0.2) is 35.9 Å². The summed E-state index contributed by atoms with van der Waals surface area (Å²) in [6, 6.07) is 6.62. The van der Waals surface area contributed by atoms with Crippen LogP contribution < -0.4 is 0 Å². The Bertz CT molecular complexity index is 616. The first-order valence-corrected chi connectivity index (χ1v) is 7.37. The van der Waals surface area contributed by atoms with Crippen molar-refractivity contribution in [3.8, 4) is 0 Å². The molecule has 110 valence electrons. The third kappa shape index (κ3) is 2.71. The number of carbonyl (C=O) groups excluding carboxylic acids is 1. The summed E-state index contributed by atoms with van der Waals surface area (Å²) in [7, 11) is 0. The molecule has 2 aliphatic rings. The van der Waals surface area contributed by atoms with Crippen LogP contribution in [-0.4, -0.2) is 28.4 Å². The standard InChI is InChI=1S/C17H19NO3/c1-11(12-6-7-12)10-15(19)18-9-8-13-4-2-3-5-14(13)16(18)17(20)21/h2-5,10,12,16H,6-9H2,1H3,(H,20,21)/b11-10+/t16-/m1/s1. The summed E-state index contributed by atoms with van der Waals surface area (Å²) >= 11 is 0. The summed E-state index contributed by atoms with van der Waals surface area (Å²) in [6.45, 7) is 2.42. The number of carboxylic acid groups (broad SMARTS) is 1. The number of benzene rings is 1. The van der Waals surface area contributed by atoms with Crippen LogP contribution in [0.1, 0.15) is 36.9 Å². The number of hydrogen-bond acceptors (Lipinski definition) is 2. The maximum atomic E-state index is 12.5. The molecule has 0 saturated heterocycles. The average Bonchev–Trinajstić information content (AvgIpc) is 3.30. The van der Waals surface area contributed by atoms with E-state index in [1.165, 1.54) is 4.90 Å². The lowest BCUT2D eigenvalue weighted by atomic mass is 9.92. The van der Waals surface area contributed by atoms with Crippen molar-refractivity contribution in [2.75, 3.05) is 6.54 Å². The van der Waals surface area contributed by atoms with Crippen molar-refractivity contribution in [2.24, 2.45) is 5.92 Å². The van der Waals surface area contributed by atoms with E-state index in [-0.39, 0.29) is 5.91 Å². The molecular weight excluding hydrogens is 266 g/mol. The van der Waals surface area contributed by atoms with Gasteiger partial charge in [-0.05, 0) is 43.2 Å². The molecular formula is C17H19NO3. The fourth-order valence-corrected chi connectivity index (χ4v) is 3.00. The van der Waals surface area contributed by atoms with Gasteiger partial charge in [-0.1, -0.05) is 29.8 Å². The molecule has 4 heteroatoms. The lowest BCUT2D eigenvalue weighted by Gasteiger charge is -2.34. The van der Waals surface area contributed by atoms with Crippen LogP contribution in [0, 0.1) is 5.92 Å². The van der Waals surface area contributed by atoms with Gasteiger partial charge < -0.3 is 10.0 Å². The summed E-state index contributed by atoms with van der Waals surface area (Å²) in [5, 5.41) is 9.55. The molecule has 1 atom stereocenters. The number of allylic oxidation sites excluding steroid dienone is 1. The summed E-state index contributed by atoms with van der Waals surface area (Å²) in [5.41, 5.74) is 2.84. The highest BCUT2D eigenvalue weighted by molar-refractivity contribution is 5.92. The molecule has 0 radical (unpaired) electrons. The van der Waals surface area contributed by atoms with E-state index in [0.717, 1.165) is 29.5 Å². The van der Waals surface area contributed by atoms with Crippen molar-refractivity contribution in [2.45, 2.75) is 32.2 Å². The minimum Gasteiger partial charge on any atom is -0.479 e. The monoisotopic (exact) mass is 285 g/mol. The fraction of sp³-hybridized carbons (Fsp3) is 0.412. The summed E-state index contributed by atoms with van der Waals surface area (Å²) in [4.78, 5) is 25.6. The van der Waals surface area contributed by atoms with Crippen LogP contribution in [0.2, 0.25) is 0 Å². The number of rotatable bonds is 3. The van der Waals surface area contributed by atoms with Crippen LogP contribution in [0.4, 0.5) is 0 Å². The minimum absolute atomic E-state index is 0.179. The molecule has 1 N–H and O–H groups in total. The third-order valence-electron chi connectivity index (χ3n) is 4.37. The zero-order valence-corrected chi connectivity index (χ0v) is 12.1. The summed E-state index contributed by atoms with van der Waals surface area (Å²) in [6.07, 6.45) is 4.62. The molecule has 1 aliphatic heterocycles. The highest BCUT2D eigenvalue weighted by Crippen LogP contribution is 2.36. The van der Waals surface area contributed by atoms with Gasteiger partial charge in [-0.25, -0.2) is 4.79 Å². The molecule has 0 bridgehead atoms. The topological polar surface area (TPSA) is 57.6 Å². The number of carbonyl (C=O) groups is 2. The van der Waals surface area contributed by atoms with Gasteiger partial charge in [-0.15, -0.1) is 0 Å². The van der Waals surface area contributed by atoms with E-state index < -0.39 is 12.0 Å². The molecule has 1 aliphatic carbocycles. The molecule has 0 spiro atoms.